The normalized spacial score (nSPS) is 10.6. The molecule has 2 rings (SSSR count). The Morgan fingerprint density at radius 3 is 2.76 bits per heavy atom. The van der Waals surface area contributed by atoms with Gasteiger partial charge in [0.1, 0.15) is 12.2 Å². The Morgan fingerprint density at radius 1 is 1.38 bits per heavy atom. The van der Waals surface area contributed by atoms with Crippen molar-refractivity contribution in [3.8, 4) is 0 Å². The number of amides is 1. The fourth-order valence-corrected chi connectivity index (χ4v) is 1.90. The molecular formula is C13H17N5O3. The van der Waals surface area contributed by atoms with Crippen LogP contribution in [-0.2, 0) is 24.4 Å². The second-order valence-corrected chi connectivity index (χ2v) is 4.66. The number of carboxylic acids is 1. The molecule has 0 radical (unpaired) electrons. The Kier molecular flexibility index (Phi) is 4.36. The number of aliphatic carboxylic acids is 1. The third-order valence-corrected chi connectivity index (χ3v) is 2.93. The van der Waals surface area contributed by atoms with Crippen LogP contribution in [0.25, 0.3) is 0 Å². The molecule has 0 spiro atoms. The number of aromatic nitrogens is 4. The van der Waals surface area contributed by atoms with Gasteiger partial charge in [-0.2, -0.15) is 10.2 Å². The molecule has 0 saturated heterocycles. The van der Waals surface area contributed by atoms with Gasteiger partial charge in [0.15, 0.2) is 0 Å². The van der Waals surface area contributed by atoms with E-state index in [-0.39, 0.29) is 18.1 Å². The third-order valence-electron chi connectivity index (χ3n) is 2.93. The van der Waals surface area contributed by atoms with Crippen molar-refractivity contribution in [3.63, 3.8) is 0 Å². The van der Waals surface area contributed by atoms with Crippen LogP contribution >= 0.6 is 0 Å². The molecule has 1 amide bonds. The summed E-state index contributed by atoms with van der Waals surface area (Å²) in [4.78, 5) is 24.3. The average molecular weight is 291 g/mol. The Morgan fingerprint density at radius 2 is 2.14 bits per heavy atom. The van der Waals surface area contributed by atoms with Gasteiger partial charge in [-0.3, -0.25) is 19.0 Å². The van der Waals surface area contributed by atoms with Crippen molar-refractivity contribution in [1.29, 1.82) is 0 Å². The lowest BCUT2D eigenvalue weighted by atomic mass is 10.3. The topological polar surface area (TPSA) is 93.2 Å². The number of hydrogen-bond donors (Lipinski definition) is 1. The minimum atomic E-state index is -1.00. The second-order valence-electron chi connectivity index (χ2n) is 4.66. The van der Waals surface area contributed by atoms with Crippen LogP contribution in [0, 0.1) is 0 Å². The number of hydrogen-bond acceptors (Lipinski definition) is 4. The summed E-state index contributed by atoms with van der Waals surface area (Å²) in [6.07, 6.45) is 5.08. The molecule has 2 aromatic rings. The van der Waals surface area contributed by atoms with Crippen LogP contribution in [0.15, 0.2) is 24.7 Å². The van der Waals surface area contributed by atoms with E-state index in [4.69, 9.17) is 5.11 Å². The summed E-state index contributed by atoms with van der Waals surface area (Å²) in [6, 6.07) is 1.51. The highest BCUT2D eigenvalue weighted by Crippen LogP contribution is 2.06. The largest absolute Gasteiger partial charge is 0.480 e. The maximum Gasteiger partial charge on any atom is 0.325 e. The van der Waals surface area contributed by atoms with Gasteiger partial charge in [-0.15, -0.1) is 0 Å². The molecular weight excluding hydrogens is 274 g/mol. The number of nitrogens with zero attached hydrogens (tertiary/aromatic N) is 5. The molecule has 0 aliphatic rings. The molecule has 8 heteroatoms. The maximum absolute atomic E-state index is 12.2. The molecule has 0 aromatic carbocycles. The number of carboxylic acid groups (broad SMARTS) is 1. The van der Waals surface area contributed by atoms with Gasteiger partial charge in [0.05, 0.1) is 6.20 Å². The molecule has 0 saturated carbocycles. The van der Waals surface area contributed by atoms with Crippen LogP contribution in [0.5, 0.6) is 0 Å². The van der Waals surface area contributed by atoms with E-state index in [0.717, 1.165) is 12.1 Å². The van der Waals surface area contributed by atoms with E-state index in [1.807, 2.05) is 13.1 Å². The molecule has 8 nitrogen and oxygen atoms in total. The molecule has 2 heterocycles. The van der Waals surface area contributed by atoms with Gasteiger partial charge in [0, 0.05) is 38.1 Å². The van der Waals surface area contributed by atoms with Crippen molar-refractivity contribution in [2.24, 2.45) is 0 Å². The maximum atomic E-state index is 12.2. The van der Waals surface area contributed by atoms with E-state index in [2.05, 4.69) is 10.2 Å². The van der Waals surface area contributed by atoms with Crippen molar-refractivity contribution in [3.05, 3.63) is 35.9 Å². The van der Waals surface area contributed by atoms with Gasteiger partial charge in [0.2, 0.25) is 0 Å². The number of carbonyl (C=O) groups excluding carboxylic acids is 1. The predicted octanol–water partition coefficient (Wildman–Crippen LogP) is 0.456. The zero-order valence-electron chi connectivity index (χ0n) is 11.9. The van der Waals surface area contributed by atoms with E-state index in [9.17, 15) is 9.59 Å². The van der Waals surface area contributed by atoms with Crippen LogP contribution in [-0.4, -0.2) is 48.5 Å². The first-order valence-electron chi connectivity index (χ1n) is 6.51. The van der Waals surface area contributed by atoms with Crippen molar-refractivity contribution >= 4 is 11.9 Å². The fraction of sp³-hybridized carbons (Fsp3) is 0.385. The Bertz CT molecular complexity index is 646. The number of aryl methyl sites for hydroxylation is 1. The first-order valence-corrected chi connectivity index (χ1v) is 6.51. The molecule has 0 atom stereocenters. The smallest absolute Gasteiger partial charge is 0.325 e. The first kappa shape index (κ1) is 14.8. The summed E-state index contributed by atoms with van der Waals surface area (Å²) in [7, 11) is 1.67. The second kappa shape index (κ2) is 6.21. The highest BCUT2D eigenvalue weighted by atomic mass is 16.4. The number of carbonyl (C=O) groups is 2. The zero-order chi connectivity index (χ0) is 15.4. The highest BCUT2D eigenvalue weighted by Gasteiger charge is 2.16. The molecule has 21 heavy (non-hydrogen) atoms. The van der Waals surface area contributed by atoms with Crippen LogP contribution in [0.3, 0.4) is 0 Å². The van der Waals surface area contributed by atoms with E-state index >= 15 is 0 Å². The lowest BCUT2D eigenvalue weighted by Crippen LogP contribution is -2.26. The lowest BCUT2D eigenvalue weighted by molar-refractivity contribution is -0.137. The quantitative estimate of drug-likeness (QED) is 0.834. The highest BCUT2D eigenvalue weighted by molar-refractivity contribution is 5.92. The molecule has 0 fully saturated rings. The molecule has 2 aromatic heterocycles. The summed E-state index contributed by atoms with van der Waals surface area (Å²) in [5.41, 5.74) is 1.15. The summed E-state index contributed by atoms with van der Waals surface area (Å²) >= 11 is 0. The molecule has 112 valence electrons. The Balaban J connectivity index is 2.01. The molecule has 0 aliphatic heterocycles. The SMILES string of the molecule is CCn1cc(CN(C)C(=O)c2ccn(CC(=O)O)n2)cn1. The van der Waals surface area contributed by atoms with Crippen molar-refractivity contribution in [2.45, 2.75) is 26.6 Å². The van der Waals surface area contributed by atoms with Gasteiger partial charge in [0.25, 0.3) is 5.91 Å². The van der Waals surface area contributed by atoms with E-state index < -0.39 is 5.97 Å². The summed E-state index contributed by atoms with van der Waals surface area (Å²) < 4.78 is 3.01. The minimum absolute atomic E-state index is 0.224. The molecule has 0 aliphatic carbocycles. The summed E-state index contributed by atoms with van der Waals surface area (Å²) in [5, 5.41) is 16.8. The van der Waals surface area contributed by atoms with E-state index in [0.29, 0.717) is 6.54 Å². The number of rotatable bonds is 6. The van der Waals surface area contributed by atoms with Crippen molar-refractivity contribution < 1.29 is 14.7 Å². The minimum Gasteiger partial charge on any atom is -0.480 e. The van der Waals surface area contributed by atoms with Crippen LogP contribution in [0.4, 0.5) is 0 Å². The van der Waals surface area contributed by atoms with Crippen LogP contribution < -0.4 is 0 Å². The molecule has 0 unspecified atom stereocenters. The Labute approximate surface area is 121 Å². The van der Waals surface area contributed by atoms with E-state index in [1.165, 1.54) is 21.8 Å². The van der Waals surface area contributed by atoms with Gasteiger partial charge in [-0.25, -0.2) is 0 Å². The zero-order valence-corrected chi connectivity index (χ0v) is 11.9. The third kappa shape index (κ3) is 3.68. The average Bonchev–Trinajstić information content (AvgIpc) is 3.06. The fourth-order valence-electron chi connectivity index (χ4n) is 1.90. The Hall–Kier alpha value is -2.64. The van der Waals surface area contributed by atoms with Crippen LogP contribution in [0.1, 0.15) is 23.0 Å². The van der Waals surface area contributed by atoms with Crippen molar-refractivity contribution in [1.82, 2.24) is 24.5 Å². The first-order chi connectivity index (χ1) is 9.99. The predicted molar refractivity (Wildman–Crippen MR) is 73.6 cm³/mol. The van der Waals surface area contributed by atoms with Gasteiger partial charge < -0.3 is 10.0 Å². The summed E-state index contributed by atoms with van der Waals surface area (Å²) in [5.74, 6) is -1.26. The van der Waals surface area contributed by atoms with Gasteiger partial charge in [-0.1, -0.05) is 0 Å². The monoisotopic (exact) mass is 291 g/mol. The molecule has 0 bridgehead atoms. The van der Waals surface area contributed by atoms with Crippen molar-refractivity contribution in [2.75, 3.05) is 7.05 Å². The van der Waals surface area contributed by atoms with Crippen LogP contribution in [0.2, 0.25) is 0 Å². The van der Waals surface area contributed by atoms with Gasteiger partial charge in [-0.05, 0) is 13.0 Å². The standard InChI is InChI=1S/C13H17N5O3/c1-3-17-8-10(6-14-17)7-16(2)13(21)11-4-5-18(15-11)9-12(19)20/h4-6,8H,3,7,9H2,1-2H3,(H,19,20). The molecule has 1 N–H and O–H groups in total. The van der Waals surface area contributed by atoms with E-state index in [1.54, 1.807) is 17.9 Å². The lowest BCUT2D eigenvalue weighted by Gasteiger charge is -2.14. The van der Waals surface area contributed by atoms with Gasteiger partial charge >= 0.3 is 5.97 Å². The summed E-state index contributed by atoms with van der Waals surface area (Å²) in [6.45, 7) is 2.92.